The Morgan fingerprint density at radius 3 is 1.79 bits per heavy atom. The van der Waals surface area contributed by atoms with Crippen LogP contribution in [0.25, 0.3) is 0 Å². The molecule has 24 heavy (non-hydrogen) atoms. The molecule has 0 radical (unpaired) electrons. The summed E-state index contributed by atoms with van der Waals surface area (Å²) in [5.41, 5.74) is 1.54. The molecular weight excluding hydrogens is 303 g/mol. The molecule has 0 amide bonds. The molecule has 0 spiro atoms. The minimum atomic E-state index is -1.47. The monoisotopic (exact) mass is 320 g/mol. The van der Waals surface area contributed by atoms with Crippen molar-refractivity contribution in [3.8, 4) is 17.2 Å². The van der Waals surface area contributed by atoms with Crippen LogP contribution in [0.1, 0.15) is 5.56 Å². The second kappa shape index (κ2) is 7.68. The molecule has 0 saturated heterocycles. The van der Waals surface area contributed by atoms with Crippen molar-refractivity contribution >= 4 is 12.6 Å². The average Bonchev–Trinajstić information content (AvgIpc) is 2.62. The highest BCUT2D eigenvalue weighted by Gasteiger charge is 2.10. The van der Waals surface area contributed by atoms with E-state index in [9.17, 15) is 0 Å². The van der Waals surface area contributed by atoms with Gasteiger partial charge in [-0.2, -0.15) is 0 Å². The van der Waals surface area contributed by atoms with E-state index in [0.717, 1.165) is 11.3 Å². The van der Waals surface area contributed by atoms with Gasteiger partial charge in [0.15, 0.2) is 0 Å². The van der Waals surface area contributed by atoms with E-state index < -0.39 is 7.12 Å². The topological polar surface area (TPSA) is 58.9 Å². The lowest BCUT2D eigenvalue weighted by Crippen LogP contribution is -2.29. The summed E-state index contributed by atoms with van der Waals surface area (Å²) in [7, 11) is -1.47. The van der Waals surface area contributed by atoms with E-state index in [-0.39, 0.29) is 0 Å². The summed E-state index contributed by atoms with van der Waals surface area (Å²) in [5, 5.41) is 18.1. The van der Waals surface area contributed by atoms with Crippen LogP contribution in [0.3, 0.4) is 0 Å². The summed E-state index contributed by atoms with van der Waals surface area (Å²) < 4.78 is 11.4. The van der Waals surface area contributed by atoms with E-state index >= 15 is 0 Å². The van der Waals surface area contributed by atoms with Crippen molar-refractivity contribution in [2.45, 2.75) is 6.61 Å². The van der Waals surface area contributed by atoms with Crippen LogP contribution in [0.5, 0.6) is 17.2 Å². The van der Waals surface area contributed by atoms with Crippen molar-refractivity contribution in [3.05, 3.63) is 84.4 Å². The summed E-state index contributed by atoms with van der Waals surface area (Å²) in [6, 6.07) is 23.9. The van der Waals surface area contributed by atoms with Crippen molar-refractivity contribution in [2.24, 2.45) is 0 Å². The molecule has 0 heterocycles. The van der Waals surface area contributed by atoms with Crippen LogP contribution in [-0.4, -0.2) is 17.2 Å². The summed E-state index contributed by atoms with van der Waals surface area (Å²) in [6.45, 7) is 0.520. The van der Waals surface area contributed by atoms with Crippen LogP contribution >= 0.6 is 0 Å². The molecule has 120 valence electrons. The highest BCUT2D eigenvalue weighted by Crippen LogP contribution is 2.23. The van der Waals surface area contributed by atoms with Gasteiger partial charge in [0.1, 0.15) is 23.9 Å². The molecule has 0 aliphatic rings. The molecule has 0 saturated carbocycles. The van der Waals surface area contributed by atoms with Gasteiger partial charge in [-0.05, 0) is 47.4 Å². The molecule has 2 N–H and O–H groups in total. The first-order valence-electron chi connectivity index (χ1n) is 7.61. The minimum Gasteiger partial charge on any atom is -0.489 e. The molecule has 0 bridgehead atoms. The Morgan fingerprint density at radius 1 is 0.667 bits per heavy atom. The van der Waals surface area contributed by atoms with Crippen molar-refractivity contribution < 1.29 is 19.5 Å². The van der Waals surface area contributed by atoms with E-state index in [1.54, 1.807) is 24.3 Å². The quantitative estimate of drug-likeness (QED) is 0.686. The molecule has 5 heteroatoms. The number of hydrogen-bond donors (Lipinski definition) is 2. The third-order valence-corrected chi connectivity index (χ3v) is 3.49. The van der Waals surface area contributed by atoms with E-state index in [4.69, 9.17) is 19.5 Å². The summed E-state index contributed by atoms with van der Waals surface area (Å²) >= 11 is 0. The highest BCUT2D eigenvalue weighted by molar-refractivity contribution is 6.58. The van der Waals surface area contributed by atoms with E-state index in [1.807, 2.05) is 54.6 Å². The lowest BCUT2D eigenvalue weighted by molar-refractivity contribution is 0.306. The molecule has 3 aromatic carbocycles. The molecule has 0 aliphatic carbocycles. The van der Waals surface area contributed by atoms with Gasteiger partial charge in [0.05, 0.1) is 0 Å². The largest absolute Gasteiger partial charge is 0.489 e. The van der Waals surface area contributed by atoms with Gasteiger partial charge in [0, 0.05) is 0 Å². The molecule has 3 rings (SSSR count). The Labute approximate surface area is 141 Å². The summed E-state index contributed by atoms with van der Waals surface area (Å²) in [4.78, 5) is 0. The van der Waals surface area contributed by atoms with Crippen LogP contribution in [0.4, 0.5) is 0 Å². The number of rotatable bonds is 6. The normalized spacial score (nSPS) is 10.2. The van der Waals surface area contributed by atoms with Crippen LogP contribution in [0.15, 0.2) is 78.9 Å². The smallest absolute Gasteiger partial charge is 0.488 e. The van der Waals surface area contributed by atoms with Crippen LogP contribution < -0.4 is 14.9 Å². The van der Waals surface area contributed by atoms with Gasteiger partial charge in [-0.25, -0.2) is 0 Å². The predicted molar refractivity (Wildman–Crippen MR) is 93.6 cm³/mol. The van der Waals surface area contributed by atoms with Gasteiger partial charge in [0.2, 0.25) is 0 Å². The average molecular weight is 320 g/mol. The fraction of sp³-hybridized carbons (Fsp3) is 0.0526. The Bertz CT molecular complexity index is 756. The minimum absolute atomic E-state index is 0.423. The number of hydrogen-bond acceptors (Lipinski definition) is 4. The molecule has 0 aromatic heterocycles. The summed E-state index contributed by atoms with van der Waals surface area (Å²) in [5.74, 6) is 2.07. The zero-order valence-electron chi connectivity index (χ0n) is 13.0. The Kier molecular flexibility index (Phi) is 5.16. The van der Waals surface area contributed by atoms with E-state index in [1.165, 1.54) is 0 Å². The zero-order chi connectivity index (χ0) is 16.8. The van der Waals surface area contributed by atoms with Gasteiger partial charge in [0.25, 0.3) is 0 Å². The van der Waals surface area contributed by atoms with E-state index in [0.29, 0.717) is 23.6 Å². The van der Waals surface area contributed by atoms with Gasteiger partial charge >= 0.3 is 7.12 Å². The van der Waals surface area contributed by atoms with Gasteiger partial charge < -0.3 is 19.5 Å². The lowest BCUT2D eigenvalue weighted by atomic mass is 9.80. The second-order valence-electron chi connectivity index (χ2n) is 5.29. The van der Waals surface area contributed by atoms with Gasteiger partial charge in [-0.1, -0.05) is 42.5 Å². The Hall–Kier alpha value is -2.76. The SMILES string of the molecule is OB(O)c1ccc(Oc2ccc(OCc3ccccc3)cc2)cc1. The molecular formula is C19H17BO4. The second-order valence-corrected chi connectivity index (χ2v) is 5.29. The highest BCUT2D eigenvalue weighted by atomic mass is 16.5. The summed E-state index contributed by atoms with van der Waals surface area (Å²) in [6.07, 6.45) is 0. The van der Waals surface area contributed by atoms with Crippen LogP contribution in [0, 0.1) is 0 Å². The third kappa shape index (κ3) is 4.38. The Morgan fingerprint density at radius 2 is 1.21 bits per heavy atom. The predicted octanol–water partition coefficient (Wildman–Crippen LogP) is 2.74. The van der Waals surface area contributed by atoms with Crippen molar-refractivity contribution in [1.82, 2.24) is 0 Å². The fourth-order valence-electron chi connectivity index (χ4n) is 2.19. The van der Waals surface area contributed by atoms with Crippen molar-refractivity contribution in [3.63, 3.8) is 0 Å². The van der Waals surface area contributed by atoms with Crippen LogP contribution in [0.2, 0.25) is 0 Å². The first-order chi connectivity index (χ1) is 11.7. The number of ether oxygens (including phenoxy) is 2. The third-order valence-electron chi connectivity index (χ3n) is 3.49. The maximum Gasteiger partial charge on any atom is 0.488 e. The first kappa shape index (κ1) is 16.1. The van der Waals surface area contributed by atoms with Gasteiger partial charge in [-0.15, -0.1) is 0 Å². The molecule has 0 atom stereocenters. The number of benzene rings is 3. The zero-order valence-corrected chi connectivity index (χ0v) is 13.0. The van der Waals surface area contributed by atoms with Crippen molar-refractivity contribution in [2.75, 3.05) is 0 Å². The maximum atomic E-state index is 9.07. The Balaban J connectivity index is 1.58. The fourth-order valence-corrected chi connectivity index (χ4v) is 2.19. The molecule has 4 nitrogen and oxygen atoms in total. The van der Waals surface area contributed by atoms with Crippen molar-refractivity contribution in [1.29, 1.82) is 0 Å². The molecule has 3 aromatic rings. The van der Waals surface area contributed by atoms with E-state index in [2.05, 4.69) is 0 Å². The lowest BCUT2D eigenvalue weighted by Gasteiger charge is -2.09. The van der Waals surface area contributed by atoms with Crippen LogP contribution in [-0.2, 0) is 6.61 Å². The molecule has 0 aliphatic heterocycles. The molecule has 0 unspecified atom stereocenters. The molecule has 0 fully saturated rings. The first-order valence-corrected chi connectivity index (χ1v) is 7.61. The standard InChI is InChI=1S/C19H17BO4/c21-20(22)16-6-8-18(9-7-16)24-19-12-10-17(11-13-19)23-14-15-4-2-1-3-5-15/h1-13,21-22H,14H2. The van der Waals surface area contributed by atoms with Gasteiger partial charge in [-0.3, -0.25) is 0 Å². The maximum absolute atomic E-state index is 9.07.